The molecule has 0 radical (unpaired) electrons. The van der Waals surface area contributed by atoms with Crippen LogP contribution in [0.5, 0.6) is 0 Å². The van der Waals surface area contributed by atoms with Gasteiger partial charge in [-0.1, -0.05) is 6.92 Å². The molecule has 0 N–H and O–H groups in total. The van der Waals surface area contributed by atoms with Crippen LogP contribution in [0.4, 0.5) is 0 Å². The fourth-order valence-electron chi connectivity index (χ4n) is 0.628. The van der Waals surface area contributed by atoms with Crippen molar-refractivity contribution in [3.8, 4) is 0 Å². The van der Waals surface area contributed by atoms with E-state index in [0.29, 0.717) is 6.42 Å². The third-order valence-electron chi connectivity index (χ3n) is 1.14. The molecule has 1 aliphatic rings. The van der Waals surface area contributed by atoms with Gasteiger partial charge in [0, 0.05) is 5.92 Å². The van der Waals surface area contributed by atoms with Gasteiger partial charge in [-0.25, -0.2) is 0 Å². The maximum atomic E-state index is 10.4. The molecule has 0 aliphatic carbocycles. The fraction of sp³-hybridized carbons (Fsp3) is 0.500. The topological polar surface area (TPSA) is 65.3 Å². The molecule has 11 heavy (non-hydrogen) atoms. The minimum atomic E-state index is -0.275. The summed E-state index contributed by atoms with van der Waals surface area (Å²) >= 11 is 2.31. The molecular formula is C6H9CoNO3-2. The Morgan fingerprint density at radius 2 is 1.91 bits per heavy atom. The van der Waals surface area contributed by atoms with Gasteiger partial charge in [0.05, 0.1) is 11.8 Å². The number of imide groups is 1. The summed E-state index contributed by atoms with van der Waals surface area (Å²) in [6, 6.07) is 0. The quantitative estimate of drug-likeness (QED) is 0.430. The normalized spacial score (nSPS) is 21.1. The Hall–Kier alpha value is -0.554. The van der Waals surface area contributed by atoms with Gasteiger partial charge in [0.15, 0.2) is 0 Å². The van der Waals surface area contributed by atoms with E-state index in [9.17, 15) is 9.59 Å². The summed E-state index contributed by atoms with van der Waals surface area (Å²) in [7, 11) is 0. The number of hydrogen-bond donors (Lipinski definition) is 0. The van der Waals surface area contributed by atoms with Crippen molar-refractivity contribution in [3.05, 3.63) is 12.7 Å². The van der Waals surface area contributed by atoms with Crippen LogP contribution in [-0.4, -0.2) is 11.8 Å². The summed E-state index contributed by atoms with van der Waals surface area (Å²) in [5.74, 6) is -0.708. The summed E-state index contributed by atoms with van der Waals surface area (Å²) in [5, 5.41) is 3.19. The molecule has 67 valence electrons. The summed E-state index contributed by atoms with van der Waals surface area (Å²) in [5.41, 5.74) is 0. The average molecular weight is 202 g/mol. The van der Waals surface area contributed by atoms with Crippen molar-refractivity contribution in [1.29, 1.82) is 0 Å². The first-order chi connectivity index (χ1) is 4.70. The molecule has 0 aromatic rings. The van der Waals surface area contributed by atoms with Crippen molar-refractivity contribution in [2.45, 2.75) is 13.3 Å². The van der Waals surface area contributed by atoms with E-state index in [4.69, 9.17) is 3.87 Å². The van der Waals surface area contributed by atoms with E-state index in [0.717, 1.165) is 0 Å². The van der Waals surface area contributed by atoms with E-state index in [1.54, 1.807) is 6.92 Å². The third-order valence-corrected chi connectivity index (χ3v) is 1.14. The Kier molecular flexibility index (Phi) is 7.34. The Morgan fingerprint density at radius 1 is 1.45 bits per heavy atom. The molecule has 1 fully saturated rings. The molecule has 0 aromatic carbocycles. The molecule has 0 saturated carbocycles. The van der Waals surface area contributed by atoms with Crippen molar-refractivity contribution in [2.24, 2.45) is 5.92 Å². The zero-order valence-corrected chi connectivity index (χ0v) is 7.33. The van der Waals surface area contributed by atoms with Gasteiger partial charge in [-0.05, 0) is 6.42 Å². The number of carbonyl (C=O) groups is 2. The monoisotopic (exact) mass is 202 g/mol. The molecule has 4 nitrogen and oxygen atoms in total. The van der Waals surface area contributed by atoms with Crippen LogP contribution in [-0.2, 0) is 29.1 Å². The molecule has 5 heteroatoms. The van der Waals surface area contributed by atoms with Crippen molar-refractivity contribution in [2.75, 3.05) is 0 Å². The van der Waals surface area contributed by atoms with Crippen molar-refractivity contribution in [1.82, 2.24) is 0 Å². The van der Waals surface area contributed by atoms with Crippen LogP contribution in [0.2, 0.25) is 0 Å². The second-order valence-corrected chi connectivity index (χ2v) is 1.95. The molecule has 2 amide bonds. The van der Waals surface area contributed by atoms with Gasteiger partial charge in [-0.3, -0.25) is 0 Å². The average Bonchev–Trinajstić information content (AvgIpc) is 2.16. The van der Waals surface area contributed by atoms with Crippen LogP contribution in [0.3, 0.4) is 0 Å². The van der Waals surface area contributed by atoms with Crippen LogP contribution in [0.15, 0.2) is 0 Å². The van der Waals surface area contributed by atoms with Crippen LogP contribution < -0.4 is 0 Å². The molecule has 1 atom stereocenters. The summed E-state index contributed by atoms with van der Waals surface area (Å²) < 4.78 is 7.94. The summed E-state index contributed by atoms with van der Waals surface area (Å²) in [6.45, 7) is 1.71. The number of nitrogens with zero attached hydrogens (tertiary/aromatic N) is 1. The SMILES string of the molecule is CC1CC(=O)[N-]C1=O.[CH3-].[O]=[Co]. The van der Waals surface area contributed by atoms with E-state index >= 15 is 0 Å². The van der Waals surface area contributed by atoms with Gasteiger partial charge in [-0.15, -0.1) is 0 Å². The van der Waals surface area contributed by atoms with Gasteiger partial charge in [0.1, 0.15) is 0 Å². The number of hydrogen-bond acceptors (Lipinski definition) is 3. The first-order valence-electron chi connectivity index (χ1n) is 2.62. The number of rotatable bonds is 0. The van der Waals surface area contributed by atoms with Crippen molar-refractivity contribution < 1.29 is 29.1 Å². The van der Waals surface area contributed by atoms with E-state index in [1.165, 1.54) is 0 Å². The first kappa shape index (κ1) is 13.1. The summed E-state index contributed by atoms with van der Waals surface area (Å²) in [6.07, 6.45) is 0.304. The van der Waals surface area contributed by atoms with Gasteiger partial charge in [0.2, 0.25) is 0 Å². The molecule has 0 bridgehead atoms. The molecule has 1 unspecified atom stereocenters. The van der Waals surface area contributed by atoms with E-state index in [1.807, 2.05) is 0 Å². The zero-order valence-electron chi connectivity index (χ0n) is 6.29. The van der Waals surface area contributed by atoms with Crippen LogP contribution >= 0.6 is 0 Å². The molecule has 1 rings (SSSR count). The van der Waals surface area contributed by atoms with Gasteiger partial charge in [-0.2, -0.15) is 0 Å². The molecule has 0 spiro atoms. The van der Waals surface area contributed by atoms with Crippen molar-refractivity contribution >= 4 is 11.8 Å². The Bertz CT molecular complexity index is 160. The van der Waals surface area contributed by atoms with Crippen LogP contribution in [0.1, 0.15) is 13.3 Å². The maximum absolute atomic E-state index is 10.4. The zero-order chi connectivity index (χ0) is 8.15. The van der Waals surface area contributed by atoms with Gasteiger partial charge < -0.3 is 22.3 Å². The molecule has 0 aromatic heterocycles. The van der Waals surface area contributed by atoms with E-state index < -0.39 is 0 Å². The molecular weight excluding hydrogens is 193 g/mol. The predicted octanol–water partition coefficient (Wildman–Crippen LogP) is 0.782. The molecule has 1 aliphatic heterocycles. The predicted molar refractivity (Wildman–Crippen MR) is 34.3 cm³/mol. The Labute approximate surface area is 73.5 Å². The standard InChI is InChI=1S/C5H7NO2.CH3.Co.O/c1-3-2-4(7)6-5(3)8;;;/h3H,2H2,1H3,(H,6,7,8);1H3;;/q;-1;;/p-1. The Morgan fingerprint density at radius 3 is 2.00 bits per heavy atom. The molecule has 1 saturated heterocycles. The van der Waals surface area contributed by atoms with Gasteiger partial charge in [0.25, 0.3) is 0 Å². The van der Waals surface area contributed by atoms with Crippen LogP contribution in [0, 0.1) is 13.3 Å². The van der Waals surface area contributed by atoms with Crippen LogP contribution in [0.25, 0.3) is 5.32 Å². The van der Waals surface area contributed by atoms with Crippen molar-refractivity contribution in [3.63, 3.8) is 0 Å². The first-order valence-corrected chi connectivity index (χ1v) is 3.04. The fourth-order valence-corrected chi connectivity index (χ4v) is 0.628. The van der Waals surface area contributed by atoms with E-state index in [-0.39, 0.29) is 25.2 Å². The number of amides is 2. The summed E-state index contributed by atoms with van der Waals surface area (Å²) in [4.78, 5) is 20.7. The minimum absolute atomic E-state index is 0. The van der Waals surface area contributed by atoms with Gasteiger partial charge >= 0.3 is 19.5 Å². The number of carbonyl (C=O) groups excluding carboxylic acids is 2. The molecule has 1 heterocycles. The second-order valence-electron chi connectivity index (χ2n) is 1.95. The van der Waals surface area contributed by atoms with E-state index in [2.05, 4.69) is 21.0 Å². The third kappa shape index (κ3) is 4.00. The Balaban J connectivity index is 0. The second kappa shape index (κ2) is 6.18.